The Balaban J connectivity index is 1.72. The number of phenols is 1. The van der Waals surface area contributed by atoms with Gasteiger partial charge in [0, 0.05) is 35.4 Å². The number of nitrogens with zero attached hydrogens (tertiary/aromatic N) is 2. The van der Waals surface area contributed by atoms with Gasteiger partial charge < -0.3 is 14.8 Å². The van der Waals surface area contributed by atoms with Crippen LogP contribution < -0.4 is 4.74 Å². The lowest BCUT2D eigenvalue weighted by Gasteiger charge is -2.42. The van der Waals surface area contributed by atoms with Gasteiger partial charge in [0.15, 0.2) is 0 Å². The molecule has 2 aromatic carbocycles. The molecule has 1 saturated heterocycles. The number of nitrogens with one attached hydrogen (secondary N) is 1. The van der Waals surface area contributed by atoms with Crippen LogP contribution in [-0.4, -0.2) is 56.4 Å². The van der Waals surface area contributed by atoms with Gasteiger partial charge in [0.1, 0.15) is 23.1 Å². The molecule has 0 radical (unpaired) electrons. The highest BCUT2D eigenvalue weighted by Gasteiger charge is 2.60. The summed E-state index contributed by atoms with van der Waals surface area (Å²) in [7, 11) is 0. The minimum absolute atomic E-state index is 0.105. The van der Waals surface area contributed by atoms with Crippen molar-refractivity contribution in [1.29, 1.82) is 0 Å². The highest BCUT2D eigenvalue weighted by Crippen LogP contribution is 2.49. The third kappa shape index (κ3) is 3.25. The van der Waals surface area contributed by atoms with Crippen LogP contribution in [0.5, 0.6) is 11.5 Å². The second-order valence-electron chi connectivity index (χ2n) is 8.76. The number of halogens is 1. The number of benzene rings is 2. The van der Waals surface area contributed by atoms with Gasteiger partial charge in [0.05, 0.1) is 6.61 Å². The van der Waals surface area contributed by atoms with Gasteiger partial charge in [0.2, 0.25) is 0 Å². The van der Waals surface area contributed by atoms with E-state index in [-0.39, 0.29) is 24.2 Å². The van der Waals surface area contributed by atoms with Crippen LogP contribution in [0, 0.1) is 0 Å². The molecule has 0 bridgehead atoms. The number of carbonyl (C=O) groups is 2. The predicted molar refractivity (Wildman–Crippen MR) is 126 cm³/mol. The van der Waals surface area contributed by atoms with Crippen LogP contribution in [0.3, 0.4) is 0 Å². The molecule has 0 aliphatic carbocycles. The van der Waals surface area contributed by atoms with Crippen LogP contribution in [0.4, 0.5) is 4.79 Å². The molecule has 3 heterocycles. The summed E-state index contributed by atoms with van der Waals surface area (Å²) in [5.74, 6) is 1.01. The predicted octanol–water partition coefficient (Wildman–Crippen LogP) is 4.57. The van der Waals surface area contributed by atoms with Crippen molar-refractivity contribution in [3.63, 3.8) is 0 Å². The number of rotatable bonds is 6. The van der Waals surface area contributed by atoms with Crippen LogP contribution in [0.25, 0.3) is 10.9 Å². The monoisotopic (exact) mass is 467 g/mol. The Morgan fingerprint density at radius 2 is 2.06 bits per heavy atom. The van der Waals surface area contributed by atoms with E-state index in [1.54, 1.807) is 23.1 Å². The summed E-state index contributed by atoms with van der Waals surface area (Å²) in [6, 6.07) is 11.8. The Morgan fingerprint density at radius 3 is 2.79 bits per heavy atom. The van der Waals surface area contributed by atoms with Crippen molar-refractivity contribution in [2.24, 2.45) is 0 Å². The van der Waals surface area contributed by atoms with E-state index >= 15 is 0 Å². The third-order valence-corrected chi connectivity index (χ3v) is 6.92. The number of alkyl halides is 1. The molecule has 0 saturated carbocycles. The molecule has 172 valence electrons. The number of amides is 3. The van der Waals surface area contributed by atoms with Crippen molar-refractivity contribution in [3.8, 4) is 11.5 Å². The number of phenolic OH excluding ortho intramolecular Hbond substituents is 1. The minimum Gasteiger partial charge on any atom is -0.508 e. The molecular formula is C25H26ClN3O4. The fourth-order valence-electron chi connectivity index (χ4n) is 5.20. The highest BCUT2D eigenvalue weighted by atomic mass is 35.5. The largest absolute Gasteiger partial charge is 0.508 e. The number of urea groups is 1. The Kier molecular flexibility index (Phi) is 5.24. The zero-order chi connectivity index (χ0) is 23.3. The number of fused-ring (bicyclic) bond motifs is 4. The molecule has 2 atom stereocenters. The van der Waals surface area contributed by atoms with Crippen LogP contribution in [0.1, 0.15) is 43.1 Å². The molecule has 2 N–H and O–H groups in total. The first-order valence-electron chi connectivity index (χ1n) is 11.2. The molecule has 1 aromatic heterocycles. The second kappa shape index (κ2) is 7.99. The second-order valence-corrected chi connectivity index (χ2v) is 9.14. The van der Waals surface area contributed by atoms with Gasteiger partial charge in [-0.25, -0.2) is 4.79 Å². The fourth-order valence-corrected chi connectivity index (χ4v) is 5.32. The van der Waals surface area contributed by atoms with Crippen molar-refractivity contribution in [2.75, 3.05) is 19.0 Å². The Bertz CT molecular complexity index is 1260. The molecular weight excluding hydrogens is 442 g/mol. The first-order chi connectivity index (χ1) is 15.9. The van der Waals surface area contributed by atoms with Gasteiger partial charge in [-0.2, -0.15) is 0 Å². The summed E-state index contributed by atoms with van der Waals surface area (Å²) in [5, 5.41) is 11.2. The van der Waals surface area contributed by atoms with Crippen molar-refractivity contribution in [2.45, 2.75) is 38.3 Å². The lowest BCUT2D eigenvalue weighted by atomic mass is 9.81. The average molecular weight is 468 g/mol. The third-order valence-electron chi connectivity index (χ3n) is 6.65. The maximum absolute atomic E-state index is 13.6. The van der Waals surface area contributed by atoms with Crippen molar-refractivity contribution >= 4 is 34.4 Å². The normalized spacial score (nSPS) is 22.1. The zero-order valence-corrected chi connectivity index (χ0v) is 19.4. The molecule has 7 nitrogen and oxygen atoms in total. The van der Waals surface area contributed by atoms with Crippen molar-refractivity contribution in [1.82, 2.24) is 14.8 Å². The first kappa shape index (κ1) is 21.6. The highest BCUT2D eigenvalue weighted by molar-refractivity contribution is 6.18. The van der Waals surface area contributed by atoms with Gasteiger partial charge in [-0.15, -0.1) is 11.6 Å². The minimum atomic E-state index is -1.05. The summed E-state index contributed by atoms with van der Waals surface area (Å²) < 4.78 is 5.71. The molecule has 8 heteroatoms. The van der Waals surface area contributed by atoms with Gasteiger partial charge in [-0.1, -0.05) is 12.1 Å². The number of H-pyrrole nitrogens is 1. The molecule has 2 aliphatic rings. The van der Waals surface area contributed by atoms with Gasteiger partial charge in [0.25, 0.3) is 5.91 Å². The number of carbonyl (C=O) groups excluding carboxylic acids is 2. The Labute approximate surface area is 196 Å². The standard InChI is InChI=1S/C25H26ClN3O4/c1-3-33-17-8-9-20-18(13-17)19-14-25(2)23(31)28(11-5-10-26)24(32)29(25)22(21(19)27-20)15-6-4-7-16(30)12-15/h4,6-9,12-13,22,27,30H,3,5,10-11,14H2,1-2H3/t22-,25+/m1/s1. The molecule has 2 aliphatic heterocycles. The number of ether oxygens (including phenoxy) is 1. The topological polar surface area (TPSA) is 85.9 Å². The Morgan fingerprint density at radius 1 is 1.24 bits per heavy atom. The molecule has 0 spiro atoms. The average Bonchev–Trinajstić information content (AvgIpc) is 3.23. The van der Waals surface area contributed by atoms with E-state index in [1.807, 2.05) is 38.1 Å². The van der Waals surface area contributed by atoms with Gasteiger partial charge in [-0.3, -0.25) is 14.6 Å². The van der Waals surface area contributed by atoms with E-state index in [4.69, 9.17) is 16.3 Å². The molecule has 0 unspecified atom stereocenters. The van der Waals surface area contributed by atoms with Gasteiger partial charge in [-0.05, 0) is 61.7 Å². The zero-order valence-electron chi connectivity index (χ0n) is 18.6. The number of aromatic hydroxyl groups is 1. The molecule has 3 aromatic rings. The Hall–Kier alpha value is -3.19. The first-order valence-corrected chi connectivity index (χ1v) is 11.7. The SMILES string of the molecule is CCOc1ccc2[nH]c3c(c2c1)C[C@@]1(C)C(=O)N(CCCCl)C(=O)N1[C@@H]3c1cccc(O)c1. The number of hydrogen-bond acceptors (Lipinski definition) is 4. The summed E-state index contributed by atoms with van der Waals surface area (Å²) in [4.78, 5) is 33.7. The number of hydrogen-bond donors (Lipinski definition) is 2. The summed E-state index contributed by atoms with van der Waals surface area (Å²) in [6.07, 6.45) is 0.918. The van der Waals surface area contributed by atoms with E-state index in [0.717, 1.165) is 33.5 Å². The summed E-state index contributed by atoms with van der Waals surface area (Å²) >= 11 is 5.86. The van der Waals surface area contributed by atoms with E-state index in [1.165, 1.54) is 4.90 Å². The van der Waals surface area contributed by atoms with Crippen LogP contribution in [0.2, 0.25) is 0 Å². The number of imide groups is 1. The van der Waals surface area contributed by atoms with E-state index < -0.39 is 11.6 Å². The summed E-state index contributed by atoms with van der Waals surface area (Å²) in [6.45, 7) is 4.60. The van der Waals surface area contributed by atoms with E-state index in [2.05, 4.69) is 4.98 Å². The number of aromatic nitrogens is 1. The van der Waals surface area contributed by atoms with Crippen molar-refractivity contribution in [3.05, 3.63) is 59.3 Å². The van der Waals surface area contributed by atoms with Crippen LogP contribution in [-0.2, 0) is 11.2 Å². The summed E-state index contributed by atoms with van der Waals surface area (Å²) in [5.41, 5.74) is 2.43. The van der Waals surface area contributed by atoms with Gasteiger partial charge >= 0.3 is 6.03 Å². The van der Waals surface area contributed by atoms with E-state index in [0.29, 0.717) is 25.3 Å². The molecule has 3 amide bonds. The molecule has 33 heavy (non-hydrogen) atoms. The van der Waals surface area contributed by atoms with E-state index in [9.17, 15) is 14.7 Å². The molecule has 1 fully saturated rings. The van der Waals surface area contributed by atoms with Crippen molar-refractivity contribution < 1.29 is 19.4 Å². The maximum Gasteiger partial charge on any atom is 0.328 e. The fraction of sp³-hybridized carbons (Fsp3) is 0.360. The molecule has 5 rings (SSSR count). The quantitative estimate of drug-likeness (QED) is 0.410. The number of aromatic amines is 1. The van der Waals surface area contributed by atoms with Crippen LogP contribution in [0.15, 0.2) is 42.5 Å². The maximum atomic E-state index is 13.6. The lowest BCUT2D eigenvalue weighted by Crippen LogP contribution is -2.53. The lowest BCUT2D eigenvalue weighted by molar-refractivity contribution is -0.133. The van der Waals surface area contributed by atoms with Crippen LogP contribution >= 0.6 is 11.6 Å². The smallest absolute Gasteiger partial charge is 0.328 e.